The lowest BCUT2D eigenvalue weighted by Crippen LogP contribution is -2.25. The predicted molar refractivity (Wildman–Crippen MR) is 98.6 cm³/mol. The molecule has 0 spiro atoms. The number of aromatic nitrogens is 2. The molecule has 2 unspecified atom stereocenters. The van der Waals surface area contributed by atoms with Gasteiger partial charge in [0.25, 0.3) is 5.56 Å². The van der Waals surface area contributed by atoms with Crippen LogP contribution in [0.25, 0.3) is 16.6 Å². The Hall–Kier alpha value is -1.67. The highest BCUT2D eigenvalue weighted by Gasteiger charge is 2.20. The van der Waals surface area contributed by atoms with Crippen LogP contribution < -0.4 is 5.56 Å². The maximum absolute atomic E-state index is 13.0. The third-order valence-corrected chi connectivity index (χ3v) is 5.27. The lowest BCUT2D eigenvalue weighted by atomic mass is 10.2. The van der Waals surface area contributed by atoms with Crippen molar-refractivity contribution in [2.45, 2.75) is 23.6 Å². The highest BCUT2D eigenvalue weighted by molar-refractivity contribution is 9.10. The number of para-hydroxylation sites is 2. The second-order valence-electron chi connectivity index (χ2n) is 5.25. The molecule has 3 rings (SSSR count). The van der Waals surface area contributed by atoms with Gasteiger partial charge in [0.05, 0.1) is 22.7 Å². The maximum Gasteiger partial charge on any atom is 0.266 e. The molecule has 7 heteroatoms. The van der Waals surface area contributed by atoms with Crippen LogP contribution in [0.5, 0.6) is 0 Å². The second kappa shape index (κ2) is 7.06. The summed E-state index contributed by atoms with van der Waals surface area (Å²) < 4.78 is 2.18. The summed E-state index contributed by atoms with van der Waals surface area (Å²) in [5.74, 6) is 0. The van der Waals surface area contributed by atoms with Crippen LogP contribution in [-0.4, -0.2) is 31.3 Å². The first-order valence-electron chi connectivity index (χ1n) is 7.28. The Labute approximate surface area is 151 Å². The monoisotopic (exact) mass is 406 g/mol. The summed E-state index contributed by atoms with van der Waals surface area (Å²) in [6, 6.07) is 14.4. The third kappa shape index (κ3) is 3.25. The fraction of sp³-hybridized carbons (Fsp3) is 0.176. The van der Waals surface area contributed by atoms with Gasteiger partial charge in [-0.05, 0) is 47.1 Å². The summed E-state index contributed by atoms with van der Waals surface area (Å²) in [6.45, 7) is 1.49. The van der Waals surface area contributed by atoms with Crippen molar-refractivity contribution in [2.24, 2.45) is 0 Å². The zero-order valence-corrected chi connectivity index (χ0v) is 15.2. The smallest absolute Gasteiger partial charge is 0.266 e. The van der Waals surface area contributed by atoms with Crippen molar-refractivity contribution >= 4 is 38.6 Å². The molecule has 0 aliphatic carbocycles. The Morgan fingerprint density at radius 2 is 1.79 bits per heavy atom. The van der Waals surface area contributed by atoms with E-state index in [9.17, 15) is 15.0 Å². The van der Waals surface area contributed by atoms with Gasteiger partial charge in [0.1, 0.15) is 5.44 Å². The normalized spacial score (nSPS) is 13.8. The molecule has 0 saturated heterocycles. The van der Waals surface area contributed by atoms with Crippen molar-refractivity contribution in [3.8, 4) is 5.69 Å². The highest BCUT2D eigenvalue weighted by atomic mass is 79.9. The van der Waals surface area contributed by atoms with Crippen LogP contribution in [0.15, 0.2) is 63.0 Å². The van der Waals surface area contributed by atoms with Crippen molar-refractivity contribution in [2.75, 3.05) is 0 Å². The van der Waals surface area contributed by atoms with E-state index in [1.807, 2.05) is 18.2 Å². The molecule has 0 amide bonds. The number of hydrogen-bond acceptors (Lipinski definition) is 5. The number of thioether (sulfide) groups is 1. The number of benzene rings is 2. The molecule has 1 heterocycles. The van der Waals surface area contributed by atoms with E-state index < -0.39 is 11.5 Å². The maximum atomic E-state index is 13.0. The molecular weight excluding hydrogens is 392 g/mol. The molecule has 0 radical (unpaired) electrons. The number of hydrogen-bond donors (Lipinski definition) is 2. The van der Waals surface area contributed by atoms with E-state index >= 15 is 0 Å². The van der Waals surface area contributed by atoms with Gasteiger partial charge in [-0.15, -0.1) is 0 Å². The molecule has 5 nitrogen and oxygen atoms in total. The highest BCUT2D eigenvalue weighted by Crippen LogP contribution is 2.28. The fourth-order valence-corrected chi connectivity index (χ4v) is 3.56. The predicted octanol–water partition coefficient (Wildman–Crippen LogP) is 2.94. The zero-order chi connectivity index (χ0) is 17.3. The summed E-state index contributed by atoms with van der Waals surface area (Å²) in [6.07, 6.45) is -0.953. The molecule has 2 aromatic carbocycles. The van der Waals surface area contributed by atoms with Gasteiger partial charge in [0.15, 0.2) is 5.16 Å². The van der Waals surface area contributed by atoms with Gasteiger partial charge in [0, 0.05) is 4.47 Å². The molecule has 2 N–H and O–H groups in total. The number of halogens is 1. The first-order valence-corrected chi connectivity index (χ1v) is 8.96. The summed E-state index contributed by atoms with van der Waals surface area (Å²) in [5.41, 5.74) is -0.147. The minimum atomic E-state index is -1.09. The van der Waals surface area contributed by atoms with Crippen molar-refractivity contribution in [1.82, 2.24) is 9.55 Å². The van der Waals surface area contributed by atoms with Crippen molar-refractivity contribution in [3.63, 3.8) is 0 Å². The number of aliphatic hydroxyl groups excluding tert-OH is 2. The van der Waals surface area contributed by atoms with Gasteiger partial charge < -0.3 is 10.2 Å². The Morgan fingerprint density at radius 3 is 2.50 bits per heavy atom. The third-order valence-electron chi connectivity index (χ3n) is 3.48. The van der Waals surface area contributed by atoms with E-state index in [0.717, 1.165) is 16.2 Å². The molecule has 24 heavy (non-hydrogen) atoms. The minimum absolute atomic E-state index is 0.229. The molecule has 2 atom stereocenters. The van der Waals surface area contributed by atoms with Crippen molar-refractivity contribution in [1.29, 1.82) is 0 Å². The van der Waals surface area contributed by atoms with Crippen molar-refractivity contribution in [3.05, 3.63) is 63.4 Å². The Bertz CT molecular complexity index is 943. The molecule has 124 valence electrons. The molecule has 0 aliphatic rings. The number of fused-ring (bicyclic) bond motifs is 1. The van der Waals surface area contributed by atoms with E-state index in [1.165, 1.54) is 11.5 Å². The Morgan fingerprint density at radius 1 is 1.12 bits per heavy atom. The van der Waals surface area contributed by atoms with Gasteiger partial charge in [0.2, 0.25) is 0 Å². The van der Waals surface area contributed by atoms with Gasteiger partial charge in [-0.25, -0.2) is 4.98 Å². The van der Waals surface area contributed by atoms with Gasteiger partial charge in [-0.3, -0.25) is 9.36 Å². The first kappa shape index (κ1) is 17.2. The topological polar surface area (TPSA) is 75.3 Å². The van der Waals surface area contributed by atoms with Gasteiger partial charge >= 0.3 is 0 Å². The van der Waals surface area contributed by atoms with E-state index in [1.54, 1.807) is 30.3 Å². The van der Waals surface area contributed by atoms with E-state index in [0.29, 0.717) is 21.7 Å². The zero-order valence-electron chi connectivity index (χ0n) is 12.8. The molecule has 0 aliphatic heterocycles. The van der Waals surface area contributed by atoms with Gasteiger partial charge in [-0.1, -0.05) is 36.0 Å². The second-order valence-corrected chi connectivity index (χ2v) is 7.19. The van der Waals surface area contributed by atoms with Crippen LogP contribution in [-0.2, 0) is 0 Å². The Kier molecular flexibility index (Phi) is 5.05. The average molecular weight is 407 g/mol. The van der Waals surface area contributed by atoms with Gasteiger partial charge in [-0.2, -0.15) is 0 Å². The number of rotatable bonds is 4. The quantitative estimate of drug-likeness (QED) is 0.395. The lowest BCUT2D eigenvalue weighted by molar-refractivity contribution is 0.0871. The van der Waals surface area contributed by atoms with Crippen LogP contribution in [0.1, 0.15) is 6.92 Å². The molecule has 0 saturated carbocycles. The van der Waals surface area contributed by atoms with E-state index in [-0.39, 0.29) is 5.56 Å². The standard InChI is InChI=1S/C17H15BrN2O3S/c1-10(21)16(23)24-17-19-13-8-4-2-6-11(13)15(22)20(17)14-9-5-3-7-12(14)18/h2-10,16,21,23H,1H3. The van der Waals surface area contributed by atoms with Crippen molar-refractivity contribution < 1.29 is 10.2 Å². The SMILES string of the molecule is CC(O)C(O)Sc1nc2ccccc2c(=O)n1-c1ccccc1Br. The van der Waals surface area contributed by atoms with E-state index in [4.69, 9.17) is 0 Å². The summed E-state index contributed by atoms with van der Waals surface area (Å²) in [7, 11) is 0. The van der Waals surface area contributed by atoms with Crippen LogP contribution in [0.3, 0.4) is 0 Å². The largest absolute Gasteiger partial charge is 0.390 e. The lowest BCUT2D eigenvalue weighted by Gasteiger charge is -2.18. The van der Waals surface area contributed by atoms with Crippen LogP contribution in [0.2, 0.25) is 0 Å². The molecule has 1 aromatic heterocycles. The van der Waals surface area contributed by atoms with Crippen LogP contribution >= 0.6 is 27.7 Å². The fourth-order valence-electron chi connectivity index (χ4n) is 2.24. The summed E-state index contributed by atoms with van der Waals surface area (Å²) in [5, 5.41) is 20.4. The Balaban J connectivity index is 2.30. The number of aliphatic hydroxyl groups is 2. The molecule has 0 fully saturated rings. The van der Waals surface area contributed by atoms with E-state index in [2.05, 4.69) is 20.9 Å². The minimum Gasteiger partial charge on any atom is -0.390 e. The van der Waals surface area contributed by atoms with Crippen LogP contribution in [0, 0.1) is 0 Å². The van der Waals surface area contributed by atoms with Crippen LogP contribution in [0.4, 0.5) is 0 Å². The molecular formula is C17H15BrN2O3S. The molecule has 0 bridgehead atoms. The average Bonchev–Trinajstić information content (AvgIpc) is 2.56. The summed E-state index contributed by atoms with van der Waals surface area (Å²) in [4.78, 5) is 17.5. The summed E-state index contributed by atoms with van der Waals surface area (Å²) >= 11 is 4.40. The number of nitrogens with zero attached hydrogens (tertiary/aromatic N) is 2. The molecule has 3 aromatic rings. The first-order chi connectivity index (χ1) is 11.5.